The van der Waals surface area contributed by atoms with Crippen LogP contribution in [0, 0.1) is 24.2 Å². The lowest BCUT2D eigenvalue weighted by Gasteiger charge is -2.21. The maximum Gasteiger partial charge on any atom is 0.119 e. The van der Waals surface area contributed by atoms with E-state index in [1.165, 1.54) is 0 Å². The van der Waals surface area contributed by atoms with Crippen LogP contribution in [0.15, 0.2) is 18.2 Å². The van der Waals surface area contributed by atoms with Crippen molar-refractivity contribution in [2.75, 3.05) is 6.61 Å². The summed E-state index contributed by atoms with van der Waals surface area (Å²) < 4.78 is 5.74. The van der Waals surface area contributed by atoms with Crippen LogP contribution >= 0.6 is 0 Å². The minimum Gasteiger partial charge on any atom is -0.493 e. The van der Waals surface area contributed by atoms with Gasteiger partial charge in [-0.25, -0.2) is 0 Å². The Morgan fingerprint density at radius 3 is 2.63 bits per heavy atom. The van der Waals surface area contributed by atoms with Crippen LogP contribution < -0.4 is 4.74 Å². The molecule has 0 spiro atoms. The second-order valence-electron chi connectivity index (χ2n) is 4.92. The zero-order valence-corrected chi connectivity index (χ0v) is 12.0. The fourth-order valence-corrected chi connectivity index (χ4v) is 2.09. The average molecular weight is 261 g/mol. The molecule has 0 aliphatic heterocycles. The summed E-state index contributed by atoms with van der Waals surface area (Å²) in [7, 11) is 0. The van der Waals surface area contributed by atoms with Crippen LogP contribution in [0.4, 0.5) is 0 Å². The zero-order chi connectivity index (χ0) is 14.3. The van der Waals surface area contributed by atoms with Crippen molar-refractivity contribution in [3.63, 3.8) is 0 Å². The van der Waals surface area contributed by atoms with E-state index in [0.29, 0.717) is 12.2 Å². The van der Waals surface area contributed by atoms with E-state index in [1.54, 1.807) is 6.07 Å². The number of aryl methyl sites for hydroxylation is 1. The second-order valence-corrected chi connectivity index (χ2v) is 4.92. The molecule has 19 heavy (non-hydrogen) atoms. The van der Waals surface area contributed by atoms with Gasteiger partial charge >= 0.3 is 0 Å². The van der Waals surface area contributed by atoms with Gasteiger partial charge in [0, 0.05) is 5.92 Å². The average Bonchev–Trinajstić information content (AvgIpc) is 2.40. The quantitative estimate of drug-likeness (QED) is 0.818. The molecule has 2 unspecified atom stereocenters. The summed E-state index contributed by atoms with van der Waals surface area (Å²) in [6.07, 6.45) is 2.40. The van der Waals surface area contributed by atoms with Crippen LogP contribution in [0.1, 0.15) is 44.2 Å². The molecule has 104 valence electrons. The summed E-state index contributed by atoms with van der Waals surface area (Å²) in [5, 5.41) is 18.9. The molecule has 3 nitrogen and oxygen atoms in total. The molecule has 3 heteroatoms. The third-order valence-electron chi connectivity index (χ3n) is 3.44. The topological polar surface area (TPSA) is 53.2 Å². The number of aliphatic hydroxyl groups excluding tert-OH is 1. The van der Waals surface area contributed by atoms with Gasteiger partial charge in [0.1, 0.15) is 5.75 Å². The van der Waals surface area contributed by atoms with E-state index in [-0.39, 0.29) is 12.0 Å². The van der Waals surface area contributed by atoms with E-state index in [1.807, 2.05) is 19.1 Å². The molecule has 0 amide bonds. The SMILES string of the molecule is CCCC(O)C(CC)COc1ccc(C#N)c(C)c1. The van der Waals surface area contributed by atoms with Gasteiger partial charge in [-0.2, -0.15) is 5.26 Å². The molecule has 1 aromatic carbocycles. The highest BCUT2D eigenvalue weighted by Gasteiger charge is 2.17. The summed E-state index contributed by atoms with van der Waals surface area (Å²) in [5.41, 5.74) is 1.59. The van der Waals surface area contributed by atoms with E-state index < -0.39 is 0 Å². The van der Waals surface area contributed by atoms with E-state index in [2.05, 4.69) is 19.9 Å². The first-order valence-electron chi connectivity index (χ1n) is 6.93. The number of nitrogens with zero attached hydrogens (tertiary/aromatic N) is 1. The summed E-state index contributed by atoms with van der Waals surface area (Å²) in [6.45, 7) is 6.55. The first-order valence-corrected chi connectivity index (χ1v) is 6.93. The van der Waals surface area contributed by atoms with Gasteiger partial charge in [-0.15, -0.1) is 0 Å². The molecular weight excluding hydrogens is 238 g/mol. The van der Waals surface area contributed by atoms with Crippen molar-refractivity contribution in [2.45, 2.75) is 46.1 Å². The van der Waals surface area contributed by atoms with Gasteiger partial charge in [0.2, 0.25) is 0 Å². The van der Waals surface area contributed by atoms with Crippen molar-refractivity contribution in [1.29, 1.82) is 5.26 Å². The number of nitriles is 1. The van der Waals surface area contributed by atoms with Crippen LogP contribution in [0.5, 0.6) is 5.75 Å². The fraction of sp³-hybridized carbons (Fsp3) is 0.562. The predicted octanol–water partition coefficient (Wildman–Crippen LogP) is 3.43. The Labute approximate surface area is 115 Å². The Hall–Kier alpha value is -1.53. The molecule has 1 aromatic rings. The molecule has 1 N–H and O–H groups in total. The van der Waals surface area contributed by atoms with E-state index in [9.17, 15) is 5.11 Å². The highest BCUT2D eigenvalue weighted by Crippen LogP contribution is 2.20. The van der Waals surface area contributed by atoms with Crippen LogP contribution in [0.3, 0.4) is 0 Å². The molecule has 1 rings (SSSR count). The molecule has 2 atom stereocenters. The van der Waals surface area contributed by atoms with E-state index in [4.69, 9.17) is 10.00 Å². The Balaban J connectivity index is 2.60. The third kappa shape index (κ3) is 4.57. The standard InChI is InChI=1S/C16H23NO2/c1-4-6-16(18)13(5-2)11-19-15-8-7-14(10-17)12(3)9-15/h7-9,13,16,18H,4-6,11H2,1-3H3. The Kier molecular flexibility index (Phi) is 6.38. The fourth-order valence-electron chi connectivity index (χ4n) is 2.09. The van der Waals surface area contributed by atoms with Crippen molar-refractivity contribution in [3.8, 4) is 11.8 Å². The summed E-state index contributed by atoms with van der Waals surface area (Å²) in [6, 6.07) is 7.59. The van der Waals surface area contributed by atoms with Crippen LogP contribution in [-0.2, 0) is 0 Å². The largest absolute Gasteiger partial charge is 0.493 e. The van der Waals surface area contributed by atoms with Gasteiger partial charge in [0.25, 0.3) is 0 Å². The number of rotatable bonds is 7. The second kappa shape index (κ2) is 7.81. The van der Waals surface area contributed by atoms with Crippen molar-refractivity contribution < 1.29 is 9.84 Å². The lowest BCUT2D eigenvalue weighted by Crippen LogP contribution is -2.25. The van der Waals surface area contributed by atoms with Gasteiger partial charge in [-0.05, 0) is 43.5 Å². The Morgan fingerprint density at radius 2 is 2.11 bits per heavy atom. The molecule has 0 radical (unpaired) electrons. The highest BCUT2D eigenvalue weighted by molar-refractivity contribution is 5.41. The highest BCUT2D eigenvalue weighted by atomic mass is 16.5. The van der Waals surface area contributed by atoms with E-state index in [0.717, 1.165) is 30.6 Å². The monoisotopic (exact) mass is 261 g/mol. The zero-order valence-electron chi connectivity index (χ0n) is 12.0. The van der Waals surface area contributed by atoms with Crippen LogP contribution in [-0.4, -0.2) is 17.8 Å². The smallest absolute Gasteiger partial charge is 0.119 e. The van der Waals surface area contributed by atoms with Crippen molar-refractivity contribution in [1.82, 2.24) is 0 Å². The van der Waals surface area contributed by atoms with E-state index >= 15 is 0 Å². The van der Waals surface area contributed by atoms with Crippen molar-refractivity contribution in [2.24, 2.45) is 5.92 Å². The summed E-state index contributed by atoms with van der Waals surface area (Å²) in [5.74, 6) is 0.926. The molecule has 0 saturated heterocycles. The number of aliphatic hydroxyl groups is 1. The molecule has 0 heterocycles. The minimum absolute atomic E-state index is 0.163. The minimum atomic E-state index is -0.297. The lowest BCUT2D eigenvalue weighted by molar-refractivity contribution is 0.0652. The first kappa shape index (κ1) is 15.5. The maximum absolute atomic E-state index is 10.0. The molecule has 0 aliphatic rings. The summed E-state index contributed by atoms with van der Waals surface area (Å²) >= 11 is 0. The first-order chi connectivity index (χ1) is 9.12. The molecule has 0 aliphatic carbocycles. The lowest BCUT2D eigenvalue weighted by atomic mass is 9.97. The molecule has 0 bridgehead atoms. The molecule has 0 saturated carbocycles. The van der Waals surface area contributed by atoms with Gasteiger partial charge in [-0.1, -0.05) is 20.3 Å². The molecule has 0 aromatic heterocycles. The summed E-state index contributed by atoms with van der Waals surface area (Å²) in [4.78, 5) is 0. The Bertz CT molecular complexity index is 437. The Morgan fingerprint density at radius 1 is 1.37 bits per heavy atom. The predicted molar refractivity (Wildman–Crippen MR) is 76.1 cm³/mol. The third-order valence-corrected chi connectivity index (χ3v) is 3.44. The van der Waals surface area contributed by atoms with Crippen molar-refractivity contribution in [3.05, 3.63) is 29.3 Å². The normalized spacial score (nSPS) is 13.6. The number of hydrogen-bond donors (Lipinski definition) is 1. The van der Waals surface area contributed by atoms with Gasteiger partial charge < -0.3 is 9.84 Å². The number of benzene rings is 1. The van der Waals surface area contributed by atoms with Gasteiger partial charge in [0.05, 0.1) is 24.3 Å². The molecular formula is C16H23NO2. The molecule has 0 fully saturated rings. The maximum atomic E-state index is 10.0. The van der Waals surface area contributed by atoms with Gasteiger partial charge in [0.15, 0.2) is 0 Å². The number of hydrogen-bond acceptors (Lipinski definition) is 3. The van der Waals surface area contributed by atoms with Crippen LogP contribution in [0.25, 0.3) is 0 Å². The van der Waals surface area contributed by atoms with Gasteiger partial charge in [-0.3, -0.25) is 0 Å². The van der Waals surface area contributed by atoms with Crippen molar-refractivity contribution >= 4 is 0 Å². The van der Waals surface area contributed by atoms with Crippen LogP contribution in [0.2, 0.25) is 0 Å². The number of ether oxygens (including phenoxy) is 1.